The van der Waals surface area contributed by atoms with Crippen LogP contribution in [0.25, 0.3) is 0 Å². The number of nitrogens with two attached hydrogens (primary N) is 1. The predicted molar refractivity (Wildman–Crippen MR) is 33.3 cm³/mol. The molecule has 0 aromatic heterocycles. The van der Waals surface area contributed by atoms with Gasteiger partial charge in [0.05, 0.1) is 6.61 Å². The molecule has 1 heterocycles. The lowest BCUT2D eigenvalue weighted by Crippen LogP contribution is -2.34. The molecule has 0 saturated carbocycles. The van der Waals surface area contributed by atoms with Gasteiger partial charge in [-0.15, -0.1) is 0 Å². The second-order valence-electron chi connectivity index (χ2n) is 2.29. The van der Waals surface area contributed by atoms with Gasteiger partial charge in [-0.25, -0.2) is 4.39 Å². The Morgan fingerprint density at radius 1 is 1.80 bits per heavy atom. The van der Waals surface area contributed by atoms with Crippen molar-refractivity contribution in [3.63, 3.8) is 0 Å². The minimum atomic E-state index is -3.96. The summed E-state index contributed by atoms with van der Waals surface area (Å²) < 4.78 is 27.4. The molecule has 0 bridgehead atoms. The molecule has 3 atom stereocenters. The van der Waals surface area contributed by atoms with Crippen LogP contribution in [0.3, 0.4) is 0 Å². The summed E-state index contributed by atoms with van der Waals surface area (Å²) >= 11 is 0. The average Bonchev–Trinajstić information content (AvgIpc) is 1.81. The Kier molecular flexibility index (Phi) is 2.10. The molecule has 10 heavy (non-hydrogen) atoms. The van der Waals surface area contributed by atoms with Gasteiger partial charge < -0.3 is 15.2 Å². The summed E-state index contributed by atoms with van der Waals surface area (Å²) in [6.07, 6.45) is -0.0895. The van der Waals surface area contributed by atoms with Crippen molar-refractivity contribution in [3.05, 3.63) is 0 Å². The van der Waals surface area contributed by atoms with Crippen molar-refractivity contribution in [3.8, 4) is 0 Å². The molecule has 6 heteroatoms. The van der Waals surface area contributed by atoms with E-state index in [-0.39, 0.29) is 13.0 Å². The fourth-order valence-corrected chi connectivity index (χ4v) is 1.84. The molecule has 4 nitrogen and oxygen atoms in total. The first-order valence-electron chi connectivity index (χ1n) is 2.89. The predicted octanol–water partition coefficient (Wildman–Crippen LogP) is 0.215. The second-order valence-corrected chi connectivity index (χ2v) is 4.24. The highest BCUT2D eigenvalue weighted by Crippen LogP contribution is 2.52. The van der Waals surface area contributed by atoms with E-state index in [4.69, 9.17) is 10.6 Å². The van der Waals surface area contributed by atoms with Crippen LogP contribution < -0.4 is 5.73 Å². The fourth-order valence-electron chi connectivity index (χ4n) is 0.734. The Morgan fingerprint density at radius 2 is 2.40 bits per heavy atom. The molecule has 0 spiro atoms. The van der Waals surface area contributed by atoms with Gasteiger partial charge in [0.15, 0.2) is 0 Å². The lowest BCUT2D eigenvalue weighted by Gasteiger charge is -2.25. The Morgan fingerprint density at radius 3 is 2.80 bits per heavy atom. The number of hydrogen-bond acceptors (Lipinski definition) is 3. The van der Waals surface area contributed by atoms with Crippen LogP contribution in [-0.4, -0.2) is 23.5 Å². The van der Waals surface area contributed by atoms with E-state index >= 15 is 0 Å². The van der Waals surface area contributed by atoms with Gasteiger partial charge in [0.1, 0.15) is 0 Å². The third-order valence-electron chi connectivity index (χ3n) is 1.32. The van der Waals surface area contributed by atoms with Gasteiger partial charge in [-0.2, -0.15) is 0 Å². The van der Waals surface area contributed by atoms with E-state index in [2.05, 4.69) is 4.52 Å². The van der Waals surface area contributed by atoms with E-state index in [1.54, 1.807) is 0 Å². The summed E-state index contributed by atoms with van der Waals surface area (Å²) in [5.74, 6) is -1.81. The first kappa shape index (κ1) is 8.14. The minimum absolute atomic E-state index is 0.0335. The Labute approximate surface area is 57.7 Å². The average molecular weight is 169 g/mol. The normalized spacial score (nSPS) is 49.1. The Hall–Kier alpha value is 0.0400. The van der Waals surface area contributed by atoms with E-state index in [1.807, 2.05) is 0 Å². The molecular formula is C4H9FNO3P. The van der Waals surface area contributed by atoms with Crippen molar-refractivity contribution < 1.29 is 18.4 Å². The highest BCUT2D eigenvalue weighted by Gasteiger charge is 2.38. The van der Waals surface area contributed by atoms with E-state index < -0.39 is 19.6 Å². The highest BCUT2D eigenvalue weighted by atomic mass is 31.2. The molecule has 1 aliphatic rings. The number of halogens is 1. The molecule has 1 fully saturated rings. The molecule has 0 radical (unpaired) electrons. The maximum absolute atomic E-state index is 12.5. The zero-order valence-electron chi connectivity index (χ0n) is 5.24. The van der Waals surface area contributed by atoms with Crippen LogP contribution in [0, 0.1) is 0 Å². The minimum Gasteiger partial charge on any atom is -0.326 e. The van der Waals surface area contributed by atoms with Crippen LogP contribution in [0.15, 0.2) is 0 Å². The van der Waals surface area contributed by atoms with Crippen LogP contribution in [0.5, 0.6) is 0 Å². The molecule has 0 aromatic rings. The molecule has 1 saturated heterocycles. The van der Waals surface area contributed by atoms with E-state index in [0.717, 1.165) is 0 Å². The van der Waals surface area contributed by atoms with E-state index in [9.17, 15) is 8.96 Å². The maximum Gasteiger partial charge on any atom is 0.362 e. The fraction of sp³-hybridized carbons (Fsp3) is 1.00. The Bertz CT molecular complexity index is 176. The van der Waals surface area contributed by atoms with E-state index in [0.29, 0.717) is 0 Å². The standard InChI is InChI=1S/C4H9FNO3P/c5-4-1-3(6)2-9-10(4,7)8/h3-4H,1-2,6H2,(H,7,8)/t3-,4+/m0/s1. The number of alkyl halides is 1. The largest absolute Gasteiger partial charge is 0.362 e. The van der Waals surface area contributed by atoms with Crippen molar-refractivity contribution in [2.45, 2.75) is 18.4 Å². The molecule has 60 valence electrons. The topological polar surface area (TPSA) is 72.5 Å². The molecule has 0 amide bonds. The van der Waals surface area contributed by atoms with Crippen molar-refractivity contribution in [2.24, 2.45) is 5.73 Å². The zero-order chi connectivity index (χ0) is 7.78. The molecule has 0 aliphatic carbocycles. The van der Waals surface area contributed by atoms with Gasteiger partial charge in [0.2, 0.25) is 5.91 Å². The quantitative estimate of drug-likeness (QED) is 0.508. The van der Waals surface area contributed by atoms with Gasteiger partial charge in [-0.05, 0) is 0 Å². The van der Waals surface area contributed by atoms with Gasteiger partial charge in [-0.3, -0.25) is 4.57 Å². The van der Waals surface area contributed by atoms with Crippen LogP contribution in [0.4, 0.5) is 4.39 Å². The highest BCUT2D eigenvalue weighted by molar-refractivity contribution is 7.53. The second kappa shape index (κ2) is 2.58. The van der Waals surface area contributed by atoms with Gasteiger partial charge >= 0.3 is 7.60 Å². The summed E-state index contributed by atoms with van der Waals surface area (Å²) in [6.45, 7) is -0.0335. The van der Waals surface area contributed by atoms with Crippen molar-refractivity contribution in [1.82, 2.24) is 0 Å². The summed E-state index contributed by atoms with van der Waals surface area (Å²) in [5.41, 5.74) is 5.25. The molecule has 1 aliphatic heterocycles. The third kappa shape index (κ3) is 1.55. The van der Waals surface area contributed by atoms with Crippen LogP contribution in [-0.2, 0) is 9.09 Å². The Balaban J connectivity index is 2.61. The third-order valence-corrected chi connectivity index (χ3v) is 2.76. The SMILES string of the molecule is N[C@@H]1COP(=O)(O)[C@@H](F)C1. The summed E-state index contributed by atoms with van der Waals surface area (Å²) in [7, 11) is -3.96. The van der Waals surface area contributed by atoms with E-state index in [1.165, 1.54) is 0 Å². The van der Waals surface area contributed by atoms with Crippen molar-refractivity contribution in [2.75, 3.05) is 6.61 Å². The summed E-state index contributed by atoms with van der Waals surface area (Å²) in [6, 6.07) is -0.454. The van der Waals surface area contributed by atoms with Gasteiger partial charge in [0, 0.05) is 12.5 Å². The van der Waals surface area contributed by atoms with Gasteiger partial charge in [-0.1, -0.05) is 0 Å². The zero-order valence-corrected chi connectivity index (χ0v) is 6.13. The summed E-state index contributed by atoms with van der Waals surface area (Å²) in [5, 5.41) is 0. The number of rotatable bonds is 0. The molecule has 1 rings (SSSR count). The molecule has 1 unspecified atom stereocenters. The van der Waals surface area contributed by atoms with Crippen LogP contribution >= 0.6 is 7.60 Å². The van der Waals surface area contributed by atoms with Crippen molar-refractivity contribution >= 4 is 7.60 Å². The summed E-state index contributed by atoms with van der Waals surface area (Å²) in [4.78, 5) is 8.66. The number of hydrogen-bond donors (Lipinski definition) is 2. The molecule has 0 aromatic carbocycles. The smallest absolute Gasteiger partial charge is 0.326 e. The van der Waals surface area contributed by atoms with Crippen molar-refractivity contribution in [1.29, 1.82) is 0 Å². The van der Waals surface area contributed by atoms with Gasteiger partial charge in [0.25, 0.3) is 0 Å². The molecular weight excluding hydrogens is 160 g/mol. The maximum atomic E-state index is 12.5. The monoisotopic (exact) mass is 169 g/mol. The first-order chi connectivity index (χ1) is 4.52. The first-order valence-corrected chi connectivity index (χ1v) is 4.54. The van der Waals surface area contributed by atoms with Crippen LogP contribution in [0.1, 0.15) is 6.42 Å². The lowest BCUT2D eigenvalue weighted by molar-refractivity contribution is 0.164. The lowest BCUT2D eigenvalue weighted by atomic mass is 10.2. The molecule has 3 N–H and O–H groups in total. The van der Waals surface area contributed by atoms with Crippen LogP contribution in [0.2, 0.25) is 0 Å².